The van der Waals surface area contributed by atoms with Crippen molar-refractivity contribution < 1.29 is 28.9 Å². The summed E-state index contributed by atoms with van der Waals surface area (Å²) in [4.78, 5) is 22.7. The minimum Gasteiger partial charge on any atom is -0.482 e. The molecule has 1 aliphatic heterocycles. The molecule has 7 nitrogen and oxygen atoms in total. The van der Waals surface area contributed by atoms with Crippen molar-refractivity contribution in [2.75, 3.05) is 26.4 Å². The lowest BCUT2D eigenvalue weighted by atomic mass is 10.2. The maximum Gasteiger partial charge on any atom is 0.341 e. The van der Waals surface area contributed by atoms with Gasteiger partial charge < -0.3 is 24.6 Å². The molecule has 1 amide bonds. The van der Waals surface area contributed by atoms with Crippen LogP contribution in [0, 0.1) is 0 Å². The van der Waals surface area contributed by atoms with Gasteiger partial charge in [0, 0.05) is 18.2 Å². The van der Waals surface area contributed by atoms with E-state index in [1.807, 2.05) is 6.92 Å². The Morgan fingerprint density at radius 2 is 2.30 bits per heavy atom. The molecule has 2 N–H and O–H groups in total. The predicted molar refractivity (Wildman–Crippen MR) is 81.7 cm³/mol. The third-order valence-corrected chi connectivity index (χ3v) is 3.31. The predicted octanol–water partition coefficient (Wildman–Crippen LogP) is 1.07. The summed E-state index contributed by atoms with van der Waals surface area (Å²) in [6.45, 7) is 3.14. The van der Waals surface area contributed by atoms with Crippen LogP contribution in [0.25, 0.3) is 0 Å². The van der Waals surface area contributed by atoms with Gasteiger partial charge in [0.1, 0.15) is 5.75 Å². The van der Waals surface area contributed by atoms with Crippen molar-refractivity contribution in [2.24, 2.45) is 0 Å². The zero-order chi connectivity index (χ0) is 16.7. The number of ether oxygens (including phenoxy) is 3. The molecule has 126 valence electrons. The van der Waals surface area contributed by atoms with E-state index < -0.39 is 12.6 Å². The van der Waals surface area contributed by atoms with Crippen molar-refractivity contribution in [2.45, 2.75) is 25.5 Å². The lowest BCUT2D eigenvalue weighted by Gasteiger charge is -2.17. The number of carbonyl (C=O) groups is 2. The summed E-state index contributed by atoms with van der Waals surface area (Å²) in [6.07, 6.45) is 0.978. The first-order chi connectivity index (χ1) is 11.0. The second kappa shape index (κ2) is 8.50. The molecule has 0 aliphatic carbocycles. The average Bonchev–Trinajstić information content (AvgIpc) is 3.04. The average molecular weight is 323 g/mol. The van der Waals surface area contributed by atoms with Crippen LogP contribution in [-0.2, 0) is 14.3 Å². The van der Waals surface area contributed by atoms with Crippen molar-refractivity contribution in [3.8, 4) is 5.75 Å². The number of hydrogen-bond donors (Lipinski definition) is 2. The van der Waals surface area contributed by atoms with Gasteiger partial charge in [-0.1, -0.05) is 6.07 Å². The van der Waals surface area contributed by atoms with E-state index in [9.17, 15) is 9.59 Å². The minimum atomic E-state index is -1.07. The molecule has 1 aromatic rings. The van der Waals surface area contributed by atoms with Crippen LogP contribution in [0.3, 0.4) is 0 Å². The van der Waals surface area contributed by atoms with Gasteiger partial charge in [-0.25, -0.2) is 4.79 Å². The lowest BCUT2D eigenvalue weighted by Crippen LogP contribution is -2.37. The lowest BCUT2D eigenvalue weighted by molar-refractivity contribution is -0.139. The highest BCUT2D eigenvalue weighted by Gasteiger charge is 2.18. The molecule has 1 aromatic carbocycles. The highest BCUT2D eigenvalue weighted by Crippen LogP contribution is 2.13. The van der Waals surface area contributed by atoms with Crippen molar-refractivity contribution in [1.29, 1.82) is 0 Å². The van der Waals surface area contributed by atoms with E-state index in [4.69, 9.17) is 19.3 Å². The second-order valence-electron chi connectivity index (χ2n) is 5.40. The van der Waals surface area contributed by atoms with E-state index in [1.54, 1.807) is 18.2 Å². The molecule has 0 saturated carbocycles. The monoisotopic (exact) mass is 323 g/mol. The zero-order valence-electron chi connectivity index (χ0n) is 13.0. The molecule has 0 spiro atoms. The Bertz CT molecular complexity index is 541. The van der Waals surface area contributed by atoms with Crippen LogP contribution in [0.2, 0.25) is 0 Å². The SMILES string of the molecule is CC(COC1CCOC1)NC(=O)c1cccc(OCC(=O)O)c1. The van der Waals surface area contributed by atoms with Crippen LogP contribution in [-0.4, -0.2) is 55.6 Å². The van der Waals surface area contributed by atoms with E-state index >= 15 is 0 Å². The van der Waals surface area contributed by atoms with Gasteiger partial charge in [0.15, 0.2) is 6.61 Å². The van der Waals surface area contributed by atoms with Gasteiger partial charge in [0.2, 0.25) is 0 Å². The van der Waals surface area contributed by atoms with Crippen LogP contribution in [0.4, 0.5) is 0 Å². The molecular weight excluding hydrogens is 302 g/mol. The van der Waals surface area contributed by atoms with Crippen molar-refractivity contribution in [1.82, 2.24) is 5.32 Å². The number of carbonyl (C=O) groups excluding carboxylic acids is 1. The van der Waals surface area contributed by atoms with Crippen molar-refractivity contribution in [3.05, 3.63) is 29.8 Å². The molecule has 0 bridgehead atoms. The van der Waals surface area contributed by atoms with E-state index in [0.717, 1.165) is 6.42 Å². The molecule has 1 fully saturated rings. The number of nitrogens with one attached hydrogen (secondary N) is 1. The number of carboxylic acid groups (broad SMARTS) is 1. The van der Waals surface area contributed by atoms with Crippen LogP contribution >= 0.6 is 0 Å². The molecular formula is C16H21NO6. The van der Waals surface area contributed by atoms with Gasteiger partial charge in [-0.3, -0.25) is 4.79 Å². The van der Waals surface area contributed by atoms with Crippen LogP contribution in [0.15, 0.2) is 24.3 Å². The number of benzene rings is 1. The Morgan fingerprint density at radius 1 is 1.48 bits per heavy atom. The standard InChI is InChI=1S/C16H21NO6/c1-11(8-22-14-5-6-21-9-14)17-16(20)12-3-2-4-13(7-12)23-10-15(18)19/h2-4,7,11,14H,5-6,8-10H2,1H3,(H,17,20)(H,18,19). The van der Waals surface area contributed by atoms with Gasteiger partial charge in [0.25, 0.3) is 5.91 Å². The quantitative estimate of drug-likeness (QED) is 0.743. The summed E-state index contributed by atoms with van der Waals surface area (Å²) in [5, 5.41) is 11.4. The largest absolute Gasteiger partial charge is 0.482 e. The Morgan fingerprint density at radius 3 is 3.00 bits per heavy atom. The Labute approximate surface area is 134 Å². The highest BCUT2D eigenvalue weighted by atomic mass is 16.5. The third-order valence-electron chi connectivity index (χ3n) is 3.31. The first-order valence-electron chi connectivity index (χ1n) is 7.49. The van der Waals surface area contributed by atoms with Gasteiger partial charge in [-0.15, -0.1) is 0 Å². The number of hydrogen-bond acceptors (Lipinski definition) is 5. The molecule has 0 radical (unpaired) electrons. The van der Waals surface area contributed by atoms with E-state index in [-0.39, 0.29) is 18.1 Å². The molecule has 0 aromatic heterocycles. The minimum absolute atomic E-state index is 0.0992. The number of rotatable bonds is 8. The normalized spacial score (nSPS) is 18.4. The third kappa shape index (κ3) is 5.88. The number of aliphatic carboxylic acids is 1. The van der Waals surface area contributed by atoms with E-state index in [1.165, 1.54) is 6.07 Å². The number of carboxylic acids is 1. The number of amides is 1. The molecule has 2 rings (SSSR count). The summed E-state index contributed by atoms with van der Waals surface area (Å²) in [5.74, 6) is -0.988. The fourth-order valence-electron chi connectivity index (χ4n) is 2.15. The van der Waals surface area contributed by atoms with Gasteiger partial charge in [-0.2, -0.15) is 0 Å². The summed E-state index contributed by atoms with van der Waals surface area (Å²) >= 11 is 0. The highest BCUT2D eigenvalue weighted by molar-refractivity contribution is 5.94. The van der Waals surface area contributed by atoms with Crippen LogP contribution in [0.1, 0.15) is 23.7 Å². The molecule has 1 heterocycles. The van der Waals surface area contributed by atoms with Gasteiger partial charge in [-0.05, 0) is 31.5 Å². The summed E-state index contributed by atoms with van der Waals surface area (Å²) in [7, 11) is 0. The van der Waals surface area contributed by atoms with Crippen LogP contribution < -0.4 is 10.1 Å². The fourth-order valence-corrected chi connectivity index (χ4v) is 2.15. The van der Waals surface area contributed by atoms with Crippen LogP contribution in [0.5, 0.6) is 5.75 Å². The maximum absolute atomic E-state index is 12.2. The van der Waals surface area contributed by atoms with E-state index in [2.05, 4.69) is 5.32 Å². The topological polar surface area (TPSA) is 94.1 Å². The molecule has 1 saturated heterocycles. The Hall–Kier alpha value is -2.12. The first-order valence-corrected chi connectivity index (χ1v) is 7.49. The summed E-state index contributed by atoms with van der Waals surface area (Å²) in [6, 6.07) is 6.25. The fraction of sp³-hybridized carbons (Fsp3) is 0.500. The van der Waals surface area contributed by atoms with Gasteiger partial charge in [0.05, 0.1) is 19.3 Å². The van der Waals surface area contributed by atoms with Crippen molar-refractivity contribution in [3.63, 3.8) is 0 Å². The summed E-state index contributed by atoms with van der Waals surface area (Å²) < 4.78 is 15.9. The smallest absolute Gasteiger partial charge is 0.341 e. The molecule has 1 aliphatic rings. The molecule has 2 atom stereocenters. The molecule has 7 heteroatoms. The summed E-state index contributed by atoms with van der Waals surface area (Å²) in [5.41, 5.74) is 0.406. The van der Waals surface area contributed by atoms with Gasteiger partial charge >= 0.3 is 5.97 Å². The zero-order valence-corrected chi connectivity index (χ0v) is 13.0. The van der Waals surface area contributed by atoms with Crippen molar-refractivity contribution >= 4 is 11.9 Å². The Kier molecular flexibility index (Phi) is 6.37. The molecule has 2 unspecified atom stereocenters. The maximum atomic E-state index is 12.2. The second-order valence-corrected chi connectivity index (χ2v) is 5.40. The Balaban J connectivity index is 1.81. The molecule has 23 heavy (non-hydrogen) atoms. The van der Waals surface area contributed by atoms with E-state index in [0.29, 0.717) is 31.1 Å². The first kappa shape index (κ1) is 17.2.